The normalized spacial score (nSPS) is 25.2. The van der Waals surface area contributed by atoms with Crippen molar-refractivity contribution in [3.05, 3.63) is 65.2 Å². The van der Waals surface area contributed by atoms with E-state index in [0.29, 0.717) is 11.8 Å². The lowest BCUT2D eigenvalue weighted by Crippen LogP contribution is -2.16. The Balaban J connectivity index is 2.05. The first kappa shape index (κ1) is 17.4. The maximum atomic E-state index is 13.0. The third-order valence-electron chi connectivity index (χ3n) is 5.00. The molecule has 1 saturated carbocycles. The molecular formula is C20H19NO3S. The standard InChI is InChI=1S/C20H19NO3S/c1-3-15-6-8-16(9-7-15)18-19(20(18,12-21)13-22)25(23,24)17-10-4-14(2)5-11-17/h4-11,13,18-19H,3H2,1-2H3/t18-,19-,20-/m1/s1. The number of sulfone groups is 1. The molecule has 0 spiro atoms. The monoisotopic (exact) mass is 353 g/mol. The Kier molecular flexibility index (Phi) is 4.26. The van der Waals surface area contributed by atoms with Crippen LogP contribution in [0.15, 0.2) is 53.4 Å². The predicted molar refractivity (Wildman–Crippen MR) is 94.8 cm³/mol. The van der Waals surface area contributed by atoms with Crippen LogP contribution in [0.4, 0.5) is 0 Å². The zero-order valence-corrected chi connectivity index (χ0v) is 15.0. The smallest absolute Gasteiger partial charge is 0.183 e. The number of hydrogen-bond acceptors (Lipinski definition) is 4. The van der Waals surface area contributed by atoms with E-state index >= 15 is 0 Å². The van der Waals surface area contributed by atoms with Gasteiger partial charge in [-0.05, 0) is 36.6 Å². The molecule has 0 radical (unpaired) electrons. The summed E-state index contributed by atoms with van der Waals surface area (Å²) >= 11 is 0. The lowest BCUT2D eigenvalue weighted by molar-refractivity contribution is -0.110. The third-order valence-corrected chi connectivity index (χ3v) is 7.26. The van der Waals surface area contributed by atoms with Gasteiger partial charge in [-0.1, -0.05) is 48.9 Å². The highest BCUT2D eigenvalue weighted by Crippen LogP contribution is 2.62. The van der Waals surface area contributed by atoms with Gasteiger partial charge >= 0.3 is 0 Å². The molecule has 4 nitrogen and oxygen atoms in total. The van der Waals surface area contributed by atoms with Crippen molar-refractivity contribution in [1.82, 2.24) is 0 Å². The van der Waals surface area contributed by atoms with E-state index in [1.807, 2.05) is 44.2 Å². The molecule has 0 aliphatic heterocycles. The number of benzene rings is 2. The fourth-order valence-corrected chi connectivity index (χ4v) is 5.63. The molecule has 1 aliphatic carbocycles. The van der Waals surface area contributed by atoms with E-state index in [4.69, 9.17) is 0 Å². The molecular weight excluding hydrogens is 334 g/mol. The Hall–Kier alpha value is -2.45. The van der Waals surface area contributed by atoms with Crippen LogP contribution in [0, 0.1) is 23.7 Å². The zero-order chi connectivity index (χ0) is 18.2. The first-order valence-electron chi connectivity index (χ1n) is 8.17. The van der Waals surface area contributed by atoms with E-state index in [2.05, 4.69) is 0 Å². The summed E-state index contributed by atoms with van der Waals surface area (Å²) in [5, 5.41) is 8.52. The second-order valence-electron chi connectivity index (χ2n) is 6.51. The maximum Gasteiger partial charge on any atom is 0.183 e. The molecule has 0 aromatic heterocycles. The molecule has 0 bridgehead atoms. The highest BCUT2D eigenvalue weighted by molar-refractivity contribution is 7.92. The van der Waals surface area contributed by atoms with Crippen molar-refractivity contribution in [3.8, 4) is 6.07 Å². The molecule has 1 aliphatic rings. The summed E-state index contributed by atoms with van der Waals surface area (Å²) in [5.41, 5.74) is 1.27. The van der Waals surface area contributed by atoms with Gasteiger partial charge in [-0.3, -0.25) is 0 Å². The van der Waals surface area contributed by atoms with Crippen LogP contribution in [-0.2, 0) is 21.1 Å². The Morgan fingerprint density at radius 1 is 1.12 bits per heavy atom. The lowest BCUT2D eigenvalue weighted by atomic mass is 10.0. The molecule has 128 valence electrons. The summed E-state index contributed by atoms with van der Waals surface area (Å²) in [6, 6.07) is 15.9. The van der Waals surface area contributed by atoms with Gasteiger partial charge in [0.2, 0.25) is 0 Å². The van der Waals surface area contributed by atoms with E-state index in [9.17, 15) is 18.5 Å². The molecule has 1 fully saturated rings. The summed E-state index contributed by atoms with van der Waals surface area (Å²) in [4.78, 5) is 11.8. The predicted octanol–water partition coefficient (Wildman–Crippen LogP) is 3.21. The molecule has 0 unspecified atom stereocenters. The van der Waals surface area contributed by atoms with Crippen molar-refractivity contribution >= 4 is 16.1 Å². The SMILES string of the molecule is CCc1ccc([C@@H]2[C@@H](S(=O)(=O)c3ccc(C)cc3)[C@]2(C#N)C=O)cc1. The second kappa shape index (κ2) is 6.12. The average molecular weight is 353 g/mol. The van der Waals surface area contributed by atoms with Gasteiger partial charge in [0.05, 0.1) is 11.0 Å². The van der Waals surface area contributed by atoms with Crippen LogP contribution in [-0.4, -0.2) is 20.0 Å². The van der Waals surface area contributed by atoms with E-state index in [1.54, 1.807) is 12.1 Å². The molecule has 2 aromatic carbocycles. The molecule has 2 aromatic rings. The molecule has 0 N–H and O–H groups in total. The molecule has 3 rings (SSSR count). The molecule has 5 heteroatoms. The van der Waals surface area contributed by atoms with Gasteiger partial charge in [0.25, 0.3) is 0 Å². The Morgan fingerprint density at radius 3 is 2.20 bits per heavy atom. The van der Waals surface area contributed by atoms with E-state index < -0.39 is 26.4 Å². The topological polar surface area (TPSA) is 75.0 Å². The van der Waals surface area contributed by atoms with E-state index in [1.165, 1.54) is 12.1 Å². The summed E-state index contributed by atoms with van der Waals surface area (Å²) < 4.78 is 26.1. The van der Waals surface area contributed by atoms with Crippen LogP contribution in [0.3, 0.4) is 0 Å². The molecule has 0 heterocycles. The van der Waals surface area contributed by atoms with Gasteiger partial charge in [0.15, 0.2) is 9.84 Å². The quantitative estimate of drug-likeness (QED) is 0.774. The van der Waals surface area contributed by atoms with Crippen LogP contribution in [0.5, 0.6) is 0 Å². The first-order chi connectivity index (χ1) is 11.9. The van der Waals surface area contributed by atoms with Gasteiger partial charge in [-0.15, -0.1) is 0 Å². The third kappa shape index (κ3) is 2.67. The van der Waals surface area contributed by atoms with Crippen LogP contribution in [0.2, 0.25) is 0 Å². The summed E-state index contributed by atoms with van der Waals surface area (Å²) in [7, 11) is -3.78. The van der Waals surface area contributed by atoms with Crippen LogP contribution < -0.4 is 0 Å². The zero-order valence-electron chi connectivity index (χ0n) is 14.1. The maximum absolute atomic E-state index is 13.0. The summed E-state index contributed by atoms with van der Waals surface area (Å²) in [6.07, 6.45) is 1.37. The highest BCUT2D eigenvalue weighted by atomic mass is 32.2. The van der Waals surface area contributed by atoms with Crippen molar-refractivity contribution in [2.24, 2.45) is 5.41 Å². The average Bonchev–Trinajstić information content (AvgIpc) is 3.33. The van der Waals surface area contributed by atoms with E-state index in [-0.39, 0.29) is 4.90 Å². The fourth-order valence-electron chi connectivity index (χ4n) is 3.40. The van der Waals surface area contributed by atoms with Gasteiger partial charge in [-0.25, -0.2) is 8.42 Å². The minimum absolute atomic E-state index is 0.150. The molecule has 0 amide bonds. The second-order valence-corrected chi connectivity index (χ2v) is 8.58. The summed E-state index contributed by atoms with van der Waals surface area (Å²) in [6.45, 7) is 3.90. The fraction of sp³-hybridized carbons (Fsp3) is 0.300. The molecule has 0 saturated heterocycles. The van der Waals surface area contributed by atoms with Crippen molar-refractivity contribution in [2.45, 2.75) is 36.3 Å². The molecule has 3 atom stereocenters. The van der Waals surface area contributed by atoms with Gasteiger partial charge in [-0.2, -0.15) is 5.26 Å². The minimum atomic E-state index is -3.78. The van der Waals surface area contributed by atoms with Crippen molar-refractivity contribution in [1.29, 1.82) is 5.26 Å². The number of carbonyl (C=O) groups excluding carboxylic acids is 1. The van der Waals surface area contributed by atoms with Gasteiger partial charge in [0.1, 0.15) is 17.0 Å². The number of rotatable bonds is 5. The lowest BCUT2D eigenvalue weighted by Gasteiger charge is -2.05. The largest absolute Gasteiger partial charge is 0.302 e. The van der Waals surface area contributed by atoms with Crippen LogP contribution >= 0.6 is 0 Å². The minimum Gasteiger partial charge on any atom is -0.302 e. The Labute approximate surface area is 148 Å². The first-order valence-corrected chi connectivity index (χ1v) is 9.72. The number of aryl methyl sites for hydroxylation is 2. The number of nitriles is 1. The summed E-state index contributed by atoms with van der Waals surface area (Å²) in [5.74, 6) is -0.632. The van der Waals surface area contributed by atoms with Gasteiger partial charge < -0.3 is 4.79 Å². The molecule has 25 heavy (non-hydrogen) atoms. The van der Waals surface area contributed by atoms with E-state index in [0.717, 1.165) is 17.5 Å². The van der Waals surface area contributed by atoms with Crippen molar-refractivity contribution in [3.63, 3.8) is 0 Å². The Bertz CT molecular complexity index is 940. The van der Waals surface area contributed by atoms with Gasteiger partial charge in [0, 0.05) is 5.92 Å². The number of carbonyl (C=O) groups is 1. The van der Waals surface area contributed by atoms with Crippen molar-refractivity contribution < 1.29 is 13.2 Å². The number of aldehydes is 1. The number of nitrogens with zero attached hydrogens (tertiary/aromatic N) is 1. The van der Waals surface area contributed by atoms with Crippen LogP contribution in [0.25, 0.3) is 0 Å². The van der Waals surface area contributed by atoms with Crippen molar-refractivity contribution in [2.75, 3.05) is 0 Å². The Morgan fingerprint density at radius 2 is 1.72 bits per heavy atom. The highest BCUT2D eigenvalue weighted by Gasteiger charge is 2.72. The number of hydrogen-bond donors (Lipinski definition) is 0. The van der Waals surface area contributed by atoms with Crippen LogP contribution in [0.1, 0.15) is 29.5 Å².